The summed E-state index contributed by atoms with van der Waals surface area (Å²) in [5.41, 5.74) is 1.91. The number of hydrogen-bond donors (Lipinski definition) is 2. The zero-order chi connectivity index (χ0) is 24.5. The smallest absolute Gasteiger partial charge is 0.318 e. The lowest BCUT2D eigenvalue weighted by Crippen LogP contribution is -2.47. The first-order valence-electron chi connectivity index (χ1n) is 10.3. The van der Waals surface area contributed by atoms with Gasteiger partial charge in [0.2, 0.25) is 0 Å². The van der Waals surface area contributed by atoms with Gasteiger partial charge in [-0.25, -0.2) is 13.2 Å². The largest absolute Gasteiger partial charge is 0.344 e. The van der Waals surface area contributed by atoms with Gasteiger partial charge in [-0.3, -0.25) is 19.3 Å². The number of nitrogens with one attached hydrogen (secondary N) is 2. The summed E-state index contributed by atoms with van der Waals surface area (Å²) in [6.07, 6.45) is 0. The standard InChI is InChI=1S/C24H22N4O5S/c1-24(18-11-5-3-6-12-18)22(30)28(23(31)25-24)26-21(29)17-10-9-15-20(16-17)34(32,33)27(2)19-13-7-4-8-14-19/h3-16H,1-2H3,(H,25,31)(H,26,29). The number of carbonyl (C=O) groups is 3. The lowest BCUT2D eigenvalue weighted by molar-refractivity contribution is -0.132. The van der Waals surface area contributed by atoms with Crippen LogP contribution in [0.25, 0.3) is 0 Å². The van der Waals surface area contributed by atoms with E-state index in [-0.39, 0.29) is 10.5 Å². The minimum atomic E-state index is -3.96. The van der Waals surface area contributed by atoms with Gasteiger partial charge >= 0.3 is 6.03 Å². The van der Waals surface area contributed by atoms with E-state index in [0.29, 0.717) is 16.3 Å². The molecule has 2 N–H and O–H groups in total. The molecule has 1 atom stereocenters. The van der Waals surface area contributed by atoms with Gasteiger partial charge in [-0.05, 0) is 42.8 Å². The molecule has 0 saturated carbocycles. The van der Waals surface area contributed by atoms with E-state index < -0.39 is 33.4 Å². The highest BCUT2D eigenvalue weighted by Gasteiger charge is 2.50. The number of urea groups is 1. The monoisotopic (exact) mass is 478 g/mol. The third-order valence-corrected chi connectivity index (χ3v) is 7.41. The molecule has 34 heavy (non-hydrogen) atoms. The van der Waals surface area contributed by atoms with E-state index in [1.165, 1.54) is 31.3 Å². The summed E-state index contributed by atoms with van der Waals surface area (Å²) in [4.78, 5) is 38.2. The van der Waals surface area contributed by atoms with Crippen LogP contribution in [0.1, 0.15) is 22.8 Å². The second-order valence-electron chi connectivity index (χ2n) is 7.84. The van der Waals surface area contributed by atoms with Gasteiger partial charge in [-0.2, -0.15) is 5.01 Å². The molecule has 174 valence electrons. The number of imide groups is 1. The summed E-state index contributed by atoms with van der Waals surface area (Å²) in [5, 5.41) is 3.20. The van der Waals surface area contributed by atoms with E-state index >= 15 is 0 Å². The van der Waals surface area contributed by atoms with Crippen LogP contribution in [0, 0.1) is 0 Å². The quantitative estimate of drug-likeness (QED) is 0.529. The Hall–Kier alpha value is -4.18. The molecule has 4 rings (SSSR count). The van der Waals surface area contributed by atoms with Crippen LogP contribution in [0.15, 0.2) is 89.8 Å². The molecule has 1 aliphatic heterocycles. The Labute approximate surface area is 197 Å². The lowest BCUT2D eigenvalue weighted by Gasteiger charge is -2.22. The van der Waals surface area contributed by atoms with Crippen LogP contribution in [0.3, 0.4) is 0 Å². The van der Waals surface area contributed by atoms with Crippen LogP contribution in [0.2, 0.25) is 0 Å². The Morgan fingerprint density at radius 1 is 0.941 bits per heavy atom. The van der Waals surface area contributed by atoms with E-state index in [0.717, 1.165) is 4.31 Å². The number of amides is 4. The highest BCUT2D eigenvalue weighted by molar-refractivity contribution is 7.92. The predicted molar refractivity (Wildman–Crippen MR) is 125 cm³/mol. The van der Waals surface area contributed by atoms with Crippen LogP contribution in [-0.4, -0.2) is 38.3 Å². The minimum Gasteiger partial charge on any atom is -0.318 e. The van der Waals surface area contributed by atoms with Gasteiger partial charge in [0, 0.05) is 12.6 Å². The van der Waals surface area contributed by atoms with Gasteiger partial charge in [0.25, 0.3) is 21.8 Å². The number of benzene rings is 3. The topological polar surface area (TPSA) is 116 Å². The molecule has 0 aromatic heterocycles. The van der Waals surface area contributed by atoms with Crippen LogP contribution >= 0.6 is 0 Å². The third kappa shape index (κ3) is 3.99. The van der Waals surface area contributed by atoms with Crippen molar-refractivity contribution >= 4 is 33.6 Å². The molecule has 0 aliphatic carbocycles. The molecule has 4 amide bonds. The molecule has 10 heteroatoms. The van der Waals surface area contributed by atoms with Crippen molar-refractivity contribution in [1.82, 2.24) is 15.8 Å². The molecule has 9 nitrogen and oxygen atoms in total. The van der Waals surface area contributed by atoms with E-state index in [1.807, 2.05) is 0 Å². The average Bonchev–Trinajstić information content (AvgIpc) is 3.08. The van der Waals surface area contributed by atoms with Gasteiger partial charge in [0.05, 0.1) is 10.6 Å². The Bertz CT molecular complexity index is 1360. The fraction of sp³-hybridized carbons (Fsp3) is 0.125. The third-order valence-electron chi connectivity index (χ3n) is 5.63. The number of hydrazine groups is 1. The highest BCUT2D eigenvalue weighted by atomic mass is 32.2. The van der Waals surface area contributed by atoms with E-state index in [4.69, 9.17) is 0 Å². The van der Waals surface area contributed by atoms with Crippen molar-refractivity contribution < 1.29 is 22.8 Å². The normalized spacial score (nSPS) is 17.9. The fourth-order valence-electron chi connectivity index (χ4n) is 3.61. The van der Waals surface area contributed by atoms with Crippen molar-refractivity contribution in [2.24, 2.45) is 0 Å². The van der Waals surface area contributed by atoms with Gasteiger partial charge in [0.1, 0.15) is 5.54 Å². The molecule has 0 spiro atoms. The Morgan fingerprint density at radius 2 is 1.56 bits per heavy atom. The number of hydrogen-bond acceptors (Lipinski definition) is 5. The predicted octanol–water partition coefficient (Wildman–Crippen LogP) is 2.62. The van der Waals surface area contributed by atoms with Crippen molar-refractivity contribution in [3.63, 3.8) is 0 Å². The Morgan fingerprint density at radius 3 is 2.21 bits per heavy atom. The Balaban J connectivity index is 1.56. The zero-order valence-electron chi connectivity index (χ0n) is 18.4. The van der Waals surface area contributed by atoms with Crippen LogP contribution in [0.5, 0.6) is 0 Å². The molecule has 1 unspecified atom stereocenters. The fourth-order valence-corrected chi connectivity index (χ4v) is 4.85. The maximum absolute atomic E-state index is 13.1. The first-order valence-corrected chi connectivity index (χ1v) is 11.8. The first-order chi connectivity index (χ1) is 16.1. The van der Waals surface area contributed by atoms with Crippen molar-refractivity contribution in [3.05, 3.63) is 96.1 Å². The minimum absolute atomic E-state index is 0.0311. The van der Waals surface area contributed by atoms with Crippen molar-refractivity contribution in [1.29, 1.82) is 0 Å². The number of anilines is 1. The van der Waals surface area contributed by atoms with Gasteiger partial charge in [0.15, 0.2) is 0 Å². The second kappa shape index (κ2) is 8.64. The number of sulfonamides is 1. The molecule has 1 saturated heterocycles. The summed E-state index contributed by atoms with van der Waals surface area (Å²) < 4.78 is 27.2. The van der Waals surface area contributed by atoms with Crippen LogP contribution in [0.4, 0.5) is 10.5 Å². The summed E-state index contributed by atoms with van der Waals surface area (Å²) >= 11 is 0. The number of para-hydroxylation sites is 1. The zero-order valence-corrected chi connectivity index (χ0v) is 19.2. The van der Waals surface area contributed by atoms with Gasteiger partial charge in [-0.1, -0.05) is 54.6 Å². The lowest BCUT2D eigenvalue weighted by atomic mass is 9.92. The summed E-state index contributed by atoms with van der Waals surface area (Å²) in [6, 6.07) is 21.7. The first kappa shape index (κ1) is 23.0. The molecule has 1 heterocycles. The van der Waals surface area contributed by atoms with Crippen molar-refractivity contribution in [2.45, 2.75) is 17.4 Å². The summed E-state index contributed by atoms with van der Waals surface area (Å²) in [6.45, 7) is 1.54. The SMILES string of the molecule is CN(c1ccccc1)S(=O)(=O)c1cccc(C(=O)NN2C(=O)NC(C)(c3ccccc3)C2=O)c1. The van der Waals surface area contributed by atoms with Gasteiger partial charge in [-0.15, -0.1) is 0 Å². The van der Waals surface area contributed by atoms with E-state index in [1.54, 1.807) is 67.6 Å². The van der Waals surface area contributed by atoms with Crippen LogP contribution in [-0.2, 0) is 20.4 Å². The van der Waals surface area contributed by atoms with Crippen LogP contribution < -0.4 is 15.0 Å². The number of nitrogens with zero attached hydrogens (tertiary/aromatic N) is 2. The average molecular weight is 479 g/mol. The van der Waals surface area contributed by atoms with Crippen molar-refractivity contribution in [3.8, 4) is 0 Å². The molecule has 0 radical (unpaired) electrons. The van der Waals surface area contributed by atoms with E-state index in [9.17, 15) is 22.8 Å². The number of carbonyl (C=O) groups excluding carboxylic acids is 3. The second-order valence-corrected chi connectivity index (χ2v) is 9.81. The molecular formula is C24H22N4O5S. The maximum Gasteiger partial charge on any atom is 0.344 e. The summed E-state index contributed by atoms with van der Waals surface area (Å²) in [5.74, 6) is -1.47. The molecule has 0 bridgehead atoms. The maximum atomic E-state index is 13.1. The van der Waals surface area contributed by atoms with Gasteiger partial charge < -0.3 is 5.32 Å². The highest BCUT2D eigenvalue weighted by Crippen LogP contribution is 2.28. The molecule has 1 fully saturated rings. The van der Waals surface area contributed by atoms with Crippen molar-refractivity contribution in [2.75, 3.05) is 11.4 Å². The van der Waals surface area contributed by atoms with E-state index in [2.05, 4.69) is 10.7 Å². The molecular weight excluding hydrogens is 456 g/mol. The molecule has 3 aromatic carbocycles. The number of rotatable bonds is 6. The molecule has 1 aliphatic rings. The Kier molecular flexibility index (Phi) is 5.84. The molecule has 3 aromatic rings. The summed E-state index contributed by atoms with van der Waals surface area (Å²) in [7, 11) is -2.55.